The number of carbonyl (C=O) groups excluding carboxylic acids is 1. The second kappa shape index (κ2) is 10.8. The van der Waals surface area contributed by atoms with Gasteiger partial charge < -0.3 is 14.0 Å². The van der Waals surface area contributed by atoms with E-state index in [2.05, 4.69) is 57.8 Å². The molecule has 1 aliphatic heterocycles. The van der Waals surface area contributed by atoms with Gasteiger partial charge in [0.15, 0.2) is 4.80 Å². The number of esters is 1. The van der Waals surface area contributed by atoms with Gasteiger partial charge in [0.1, 0.15) is 5.75 Å². The van der Waals surface area contributed by atoms with E-state index in [1.165, 1.54) is 22.2 Å². The molecule has 0 saturated carbocycles. The number of aromatic nitrogens is 2. The number of thiazole rings is 1. The first-order valence-corrected chi connectivity index (χ1v) is 15.0. The lowest BCUT2D eigenvalue weighted by Gasteiger charge is -2.25. The minimum atomic E-state index is -0.695. The normalized spacial score (nSPS) is 15.3. The molecule has 0 amide bonds. The van der Waals surface area contributed by atoms with Crippen molar-refractivity contribution < 1.29 is 14.3 Å². The fourth-order valence-corrected chi connectivity index (χ4v) is 7.22. The Morgan fingerprint density at radius 3 is 2.59 bits per heavy atom. The van der Waals surface area contributed by atoms with Crippen molar-refractivity contribution in [2.24, 2.45) is 4.99 Å². The molecule has 5 aromatic rings. The zero-order valence-corrected chi connectivity index (χ0v) is 25.5. The van der Waals surface area contributed by atoms with Gasteiger partial charge in [-0.15, -0.1) is 0 Å². The van der Waals surface area contributed by atoms with Crippen LogP contribution in [0.3, 0.4) is 0 Å². The van der Waals surface area contributed by atoms with E-state index < -0.39 is 12.0 Å². The molecular formula is C32H28BrN3O4S. The van der Waals surface area contributed by atoms with E-state index in [9.17, 15) is 9.59 Å². The highest BCUT2D eigenvalue weighted by atomic mass is 79.9. The molecule has 0 fully saturated rings. The van der Waals surface area contributed by atoms with Crippen LogP contribution in [0.2, 0.25) is 0 Å². The summed E-state index contributed by atoms with van der Waals surface area (Å²) in [5, 5.41) is 2.33. The first kappa shape index (κ1) is 27.2. The van der Waals surface area contributed by atoms with Gasteiger partial charge in [-0.3, -0.25) is 9.36 Å². The Morgan fingerprint density at radius 1 is 1.07 bits per heavy atom. The fourth-order valence-electron chi connectivity index (χ4n) is 5.61. The molecule has 0 radical (unpaired) electrons. The average molecular weight is 631 g/mol. The predicted molar refractivity (Wildman–Crippen MR) is 166 cm³/mol. The third kappa shape index (κ3) is 4.53. The van der Waals surface area contributed by atoms with Gasteiger partial charge in [-0.05, 0) is 84.2 Å². The molecule has 208 valence electrons. The molecule has 6 rings (SSSR count). The number of carbonyl (C=O) groups is 1. The van der Waals surface area contributed by atoms with Gasteiger partial charge in [0.2, 0.25) is 0 Å². The Labute approximate surface area is 248 Å². The Bertz CT molecular complexity index is 2070. The van der Waals surface area contributed by atoms with Crippen LogP contribution in [0, 0.1) is 0 Å². The van der Waals surface area contributed by atoms with Crippen molar-refractivity contribution in [3.05, 3.63) is 107 Å². The number of hydrogen-bond acceptors (Lipinski definition) is 6. The highest BCUT2D eigenvalue weighted by molar-refractivity contribution is 9.10. The predicted octanol–water partition coefficient (Wildman–Crippen LogP) is 5.70. The van der Waals surface area contributed by atoms with E-state index in [1.54, 1.807) is 25.5 Å². The number of fused-ring (bicyclic) bond motifs is 4. The maximum Gasteiger partial charge on any atom is 0.338 e. The molecule has 1 atom stereocenters. The molecule has 9 heteroatoms. The quantitative estimate of drug-likeness (QED) is 0.226. The zero-order valence-electron chi connectivity index (χ0n) is 23.1. The second-order valence-electron chi connectivity index (χ2n) is 9.73. The Kier molecular flexibility index (Phi) is 7.17. The molecule has 0 spiro atoms. The minimum Gasteiger partial charge on any atom is -0.496 e. The first-order chi connectivity index (χ1) is 19.9. The smallest absolute Gasteiger partial charge is 0.338 e. The summed E-state index contributed by atoms with van der Waals surface area (Å²) in [7, 11) is 1.59. The van der Waals surface area contributed by atoms with E-state index in [1.807, 2.05) is 36.4 Å². The number of nitrogens with zero attached hydrogens (tertiary/aromatic N) is 3. The Balaban J connectivity index is 1.55. The summed E-state index contributed by atoms with van der Waals surface area (Å²) < 4.78 is 16.0. The SMILES string of the molecule is CCOC(=O)C1=C(C)N=c2s/c(=C/c3ccc4c(c3)c3ccccc3n4CC)c(=O)n2[C@@H]1c1ccc(OC)c(Br)c1. The summed E-state index contributed by atoms with van der Waals surface area (Å²) >= 11 is 4.87. The van der Waals surface area contributed by atoms with Gasteiger partial charge >= 0.3 is 5.97 Å². The van der Waals surface area contributed by atoms with Gasteiger partial charge in [0.25, 0.3) is 5.56 Å². The number of halogens is 1. The Hall–Kier alpha value is -3.95. The van der Waals surface area contributed by atoms with Crippen LogP contribution in [0.4, 0.5) is 0 Å². The van der Waals surface area contributed by atoms with Crippen LogP contribution in [0.5, 0.6) is 5.75 Å². The van der Waals surface area contributed by atoms with Crippen molar-refractivity contribution in [2.45, 2.75) is 33.4 Å². The number of rotatable bonds is 6. The maximum atomic E-state index is 14.0. The monoisotopic (exact) mass is 629 g/mol. The van der Waals surface area contributed by atoms with Gasteiger partial charge in [-0.1, -0.05) is 41.7 Å². The molecule has 0 aliphatic carbocycles. The van der Waals surface area contributed by atoms with E-state index >= 15 is 0 Å². The van der Waals surface area contributed by atoms with Crippen LogP contribution in [0.25, 0.3) is 27.9 Å². The molecule has 3 aromatic carbocycles. The van der Waals surface area contributed by atoms with Crippen LogP contribution in [0.15, 0.2) is 86.2 Å². The molecule has 0 unspecified atom stereocenters. The van der Waals surface area contributed by atoms with Crippen molar-refractivity contribution in [1.82, 2.24) is 9.13 Å². The van der Waals surface area contributed by atoms with Crippen molar-refractivity contribution >= 4 is 61.1 Å². The Morgan fingerprint density at radius 2 is 1.85 bits per heavy atom. The molecule has 1 aliphatic rings. The molecule has 0 bridgehead atoms. The van der Waals surface area contributed by atoms with E-state index in [0.29, 0.717) is 26.4 Å². The van der Waals surface area contributed by atoms with E-state index in [0.717, 1.165) is 33.0 Å². The van der Waals surface area contributed by atoms with Gasteiger partial charge in [-0.2, -0.15) is 0 Å². The van der Waals surface area contributed by atoms with Crippen LogP contribution in [0.1, 0.15) is 37.9 Å². The highest BCUT2D eigenvalue weighted by Gasteiger charge is 2.33. The van der Waals surface area contributed by atoms with E-state index in [4.69, 9.17) is 14.5 Å². The number of hydrogen-bond donors (Lipinski definition) is 0. The van der Waals surface area contributed by atoms with Crippen molar-refractivity contribution in [2.75, 3.05) is 13.7 Å². The van der Waals surface area contributed by atoms with Crippen LogP contribution in [-0.4, -0.2) is 28.8 Å². The largest absolute Gasteiger partial charge is 0.496 e. The topological polar surface area (TPSA) is 74.8 Å². The fraction of sp³-hybridized carbons (Fsp3) is 0.219. The number of aryl methyl sites for hydroxylation is 1. The number of methoxy groups -OCH3 is 1. The van der Waals surface area contributed by atoms with Gasteiger partial charge in [-0.25, -0.2) is 9.79 Å². The highest BCUT2D eigenvalue weighted by Crippen LogP contribution is 2.35. The molecule has 0 N–H and O–H groups in total. The van der Waals surface area contributed by atoms with Crippen molar-refractivity contribution in [1.29, 1.82) is 0 Å². The zero-order chi connectivity index (χ0) is 28.8. The number of allylic oxidation sites excluding steroid dienone is 1. The van der Waals surface area contributed by atoms with Crippen LogP contribution < -0.4 is 19.6 Å². The summed E-state index contributed by atoms with van der Waals surface area (Å²) in [5.74, 6) is 0.164. The minimum absolute atomic E-state index is 0.212. The lowest BCUT2D eigenvalue weighted by atomic mass is 9.96. The standard InChI is InChI=1S/C32H28BrN3O4S/c1-5-35-24-10-8-7-9-21(24)22-15-19(11-13-25(22)35)16-27-30(37)36-29(20-12-14-26(39-4)23(33)17-20)28(31(38)40-6-2)18(3)34-32(36)41-27/h7-17,29H,5-6H2,1-4H3/b27-16+/t29-/m1/s1. The maximum absolute atomic E-state index is 14.0. The molecule has 0 saturated heterocycles. The molecule has 2 aromatic heterocycles. The van der Waals surface area contributed by atoms with Gasteiger partial charge in [0.05, 0.1) is 40.0 Å². The number of para-hydroxylation sites is 1. The summed E-state index contributed by atoms with van der Waals surface area (Å²) in [6.45, 7) is 6.77. The van der Waals surface area contributed by atoms with Gasteiger partial charge in [0, 0.05) is 28.4 Å². The number of benzene rings is 3. The summed E-state index contributed by atoms with van der Waals surface area (Å²) in [5.41, 5.74) is 4.68. The lowest BCUT2D eigenvalue weighted by molar-refractivity contribution is -0.139. The third-order valence-corrected chi connectivity index (χ3v) is 9.02. The number of ether oxygens (including phenoxy) is 2. The average Bonchev–Trinajstić information content (AvgIpc) is 3.45. The van der Waals surface area contributed by atoms with Crippen LogP contribution >= 0.6 is 27.3 Å². The third-order valence-electron chi connectivity index (χ3n) is 7.42. The molecule has 3 heterocycles. The summed E-state index contributed by atoms with van der Waals surface area (Å²) in [6.07, 6.45) is 1.91. The lowest BCUT2D eigenvalue weighted by Crippen LogP contribution is -2.39. The van der Waals surface area contributed by atoms with Crippen LogP contribution in [-0.2, 0) is 16.1 Å². The summed E-state index contributed by atoms with van der Waals surface area (Å²) in [6, 6.07) is 19.5. The molecule has 41 heavy (non-hydrogen) atoms. The first-order valence-electron chi connectivity index (χ1n) is 13.4. The second-order valence-corrected chi connectivity index (χ2v) is 11.6. The molecular weight excluding hydrogens is 602 g/mol. The van der Waals surface area contributed by atoms with Crippen molar-refractivity contribution in [3.63, 3.8) is 0 Å². The molecule has 7 nitrogen and oxygen atoms in total. The summed E-state index contributed by atoms with van der Waals surface area (Å²) in [4.78, 5) is 32.4. The van der Waals surface area contributed by atoms with Crippen molar-refractivity contribution in [3.8, 4) is 5.75 Å². The van der Waals surface area contributed by atoms with E-state index in [-0.39, 0.29) is 12.2 Å².